The molecule has 150 valence electrons. The first-order valence-electron chi connectivity index (χ1n) is 9.44. The summed E-state index contributed by atoms with van der Waals surface area (Å²) in [5.41, 5.74) is 3.99. The number of furan rings is 1. The number of rotatable bonds is 4. The van der Waals surface area contributed by atoms with E-state index < -0.39 is 5.97 Å². The Hall–Kier alpha value is -3.93. The molecule has 0 spiro atoms. The maximum absolute atomic E-state index is 12.9. The predicted octanol–water partition coefficient (Wildman–Crippen LogP) is 4.85. The highest BCUT2D eigenvalue weighted by molar-refractivity contribution is 6.32. The van der Waals surface area contributed by atoms with E-state index in [1.54, 1.807) is 31.2 Å². The Balaban J connectivity index is 1.64. The van der Waals surface area contributed by atoms with E-state index in [1.807, 2.05) is 49.4 Å². The fourth-order valence-corrected chi connectivity index (χ4v) is 3.28. The van der Waals surface area contributed by atoms with Crippen LogP contribution >= 0.6 is 0 Å². The van der Waals surface area contributed by atoms with Gasteiger partial charge in [0.1, 0.15) is 11.5 Å². The second kappa shape index (κ2) is 7.83. The number of anilines is 1. The van der Waals surface area contributed by atoms with Gasteiger partial charge in [-0.1, -0.05) is 24.3 Å². The van der Waals surface area contributed by atoms with Gasteiger partial charge in [-0.05, 0) is 61.9 Å². The van der Waals surface area contributed by atoms with Crippen LogP contribution in [0.3, 0.4) is 0 Å². The molecule has 4 rings (SSSR count). The third-order valence-electron chi connectivity index (χ3n) is 4.90. The number of ether oxygens (including phenoxy) is 1. The number of aryl methyl sites for hydroxylation is 1. The molecule has 0 saturated heterocycles. The molecular weight excluding hydrogens is 380 g/mol. The molecule has 0 fully saturated rings. The van der Waals surface area contributed by atoms with E-state index in [4.69, 9.17) is 9.15 Å². The zero-order valence-electron chi connectivity index (χ0n) is 16.9. The van der Waals surface area contributed by atoms with Crippen LogP contribution in [0.4, 0.5) is 5.69 Å². The van der Waals surface area contributed by atoms with Crippen molar-refractivity contribution in [3.05, 3.63) is 83.1 Å². The summed E-state index contributed by atoms with van der Waals surface area (Å²) in [6.45, 7) is 3.73. The van der Waals surface area contributed by atoms with Crippen molar-refractivity contribution in [3.8, 4) is 11.3 Å². The third kappa shape index (κ3) is 3.55. The first-order valence-corrected chi connectivity index (χ1v) is 9.44. The van der Waals surface area contributed by atoms with Crippen LogP contribution in [0.2, 0.25) is 0 Å². The molecule has 2 heterocycles. The molecule has 1 aliphatic heterocycles. The molecule has 1 amide bonds. The highest BCUT2D eigenvalue weighted by Crippen LogP contribution is 2.29. The van der Waals surface area contributed by atoms with Gasteiger partial charge >= 0.3 is 5.97 Å². The number of benzene rings is 2. The lowest BCUT2D eigenvalue weighted by molar-refractivity contribution is -0.114. The van der Waals surface area contributed by atoms with Crippen LogP contribution in [0.5, 0.6) is 0 Å². The molecular formula is C24H20N2O4. The van der Waals surface area contributed by atoms with E-state index in [1.165, 1.54) is 12.1 Å². The second-order valence-electron chi connectivity index (χ2n) is 6.92. The fraction of sp³-hybridized carbons (Fsp3) is 0.125. The van der Waals surface area contributed by atoms with E-state index >= 15 is 0 Å². The van der Waals surface area contributed by atoms with Crippen molar-refractivity contribution in [2.24, 2.45) is 5.10 Å². The molecule has 0 radical (unpaired) electrons. The number of carbonyl (C=O) groups is 2. The number of carbonyl (C=O) groups excluding carboxylic acids is 2. The van der Waals surface area contributed by atoms with Gasteiger partial charge in [-0.2, -0.15) is 10.1 Å². The smallest absolute Gasteiger partial charge is 0.337 e. The summed E-state index contributed by atoms with van der Waals surface area (Å²) in [6.07, 6.45) is 1.69. The van der Waals surface area contributed by atoms with E-state index in [-0.39, 0.29) is 5.91 Å². The molecule has 3 aromatic rings. The Bertz CT molecular complexity index is 1190. The van der Waals surface area contributed by atoms with Crippen LogP contribution < -0.4 is 5.01 Å². The first-order chi connectivity index (χ1) is 14.5. The third-order valence-corrected chi connectivity index (χ3v) is 4.90. The molecule has 1 aromatic heterocycles. The molecule has 6 nitrogen and oxygen atoms in total. The number of hydrogen-bond acceptors (Lipinski definition) is 5. The SMILES string of the molecule is COC(=O)c1ccc(C)c(-c2ccc(/C=C3\C(=O)N(c4ccccc4)N=C3C)o2)c1. The van der Waals surface area contributed by atoms with Crippen molar-refractivity contribution in [1.29, 1.82) is 0 Å². The minimum atomic E-state index is -0.408. The molecule has 6 heteroatoms. The molecule has 0 N–H and O–H groups in total. The number of amides is 1. The molecule has 1 aliphatic rings. The van der Waals surface area contributed by atoms with Gasteiger partial charge in [-0.25, -0.2) is 4.79 Å². The van der Waals surface area contributed by atoms with Crippen molar-refractivity contribution in [3.63, 3.8) is 0 Å². The minimum Gasteiger partial charge on any atom is -0.465 e. The van der Waals surface area contributed by atoms with Gasteiger partial charge in [0.25, 0.3) is 5.91 Å². The van der Waals surface area contributed by atoms with Crippen LogP contribution in [0.25, 0.3) is 17.4 Å². The second-order valence-corrected chi connectivity index (χ2v) is 6.92. The van der Waals surface area contributed by atoms with Crippen LogP contribution in [-0.2, 0) is 9.53 Å². The van der Waals surface area contributed by atoms with Crippen LogP contribution in [0.15, 0.2) is 75.8 Å². The van der Waals surface area contributed by atoms with Gasteiger partial charge in [-0.3, -0.25) is 4.79 Å². The molecule has 0 saturated carbocycles. The minimum absolute atomic E-state index is 0.208. The average Bonchev–Trinajstić information content (AvgIpc) is 3.34. The van der Waals surface area contributed by atoms with Gasteiger partial charge < -0.3 is 9.15 Å². The summed E-state index contributed by atoms with van der Waals surface area (Å²) >= 11 is 0. The molecule has 0 bridgehead atoms. The number of nitrogens with zero attached hydrogens (tertiary/aromatic N) is 2. The highest BCUT2D eigenvalue weighted by Gasteiger charge is 2.29. The maximum atomic E-state index is 12.9. The summed E-state index contributed by atoms with van der Waals surface area (Å²) in [5, 5.41) is 5.76. The summed E-state index contributed by atoms with van der Waals surface area (Å²) < 4.78 is 10.8. The fourth-order valence-electron chi connectivity index (χ4n) is 3.28. The number of hydrogen-bond donors (Lipinski definition) is 0. The molecule has 30 heavy (non-hydrogen) atoms. The van der Waals surface area contributed by atoms with E-state index in [9.17, 15) is 9.59 Å². The molecule has 0 aliphatic carbocycles. The zero-order chi connectivity index (χ0) is 21.3. The van der Waals surface area contributed by atoms with Gasteiger partial charge in [0.15, 0.2) is 0 Å². The monoisotopic (exact) mass is 400 g/mol. The summed E-state index contributed by atoms with van der Waals surface area (Å²) in [4.78, 5) is 24.7. The lowest BCUT2D eigenvalue weighted by Gasteiger charge is -2.10. The lowest BCUT2D eigenvalue weighted by Crippen LogP contribution is -2.21. The number of methoxy groups -OCH3 is 1. The van der Waals surface area contributed by atoms with E-state index in [0.29, 0.717) is 34.1 Å². The van der Waals surface area contributed by atoms with E-state index in [2.05, 4.69) is 5.10 Å². The summed E-state index contributed by atoms with van der Waals surface area (Å²) in [5.74, 6) is 0.515. The van der Waals surface area contributed by atoms with Crippen molar-refractivity contribution in [2.75, 3.05) is 12.1 Å². The van der Waals surface area contributed by atoms with Gasteiger partial charge in [-0.15, -0.1) is 0 Å². The Morgan fingerprint density at radius 1 is 1.07 bits per heavy atom. The van der Waals surface area contributed by atoms with Gasteiger partial charge in [0.05, 0.1) is 29.6 Å². The Morgan fingerprint density at radius 3 is 2.57 bits per heavy atom. The molecule has 2 aromatic carbocycles. The largest absolute Gasteiger partial charge is 0.465 e. The normalized spacial score (nSPS) is 14.9. The maximum Gasteiger partial charge on any atom is 0.337 e. The molecule has 0 atom stereocenters. The van der Waals surface area contributed by atoms with Gasteiger partial charge in [0.2, 0.25) is 0 Å². The van der Waals surface area contributed by atoms with Crippen molar-refractivity contribution >= 4 is 29.4 Å². The predicted molar refractivity (Wildman–Crippen MR) is 115 cm³/mol. The standard InChI is InChI=1S/C24H20N2O4/c1-15-9-10-17(24(28)29-3)13-20(15)22-12-11-19(30-22)14-21-16(2)25-26(23(21)27)18-7-5-4-6-8-18/h4-14H,1-3H3/b21-14-. The Labute approximate surface area is 174 Å². The van der Waals surface area contributed by atoms with E-state index in [0.717, 1.165) is 11.1 Å². The highest BCUT2D eigenvalue weighted by atomic mass is 16.5. The van der Waals surface area contributed by atoms with Crippen LogP contribution in [0.1, 0.15) is 28.6 Å². The van der Waals surface area contributed by atoms with Crippen molar-refractivity contribution in [2.45, 2.75) is 13.8 Å². The number of esters is 1. The number of hydrazone groups is 1. The Morgan fingerprint density at radius 2 is 1.83 bits per heavy atom. The Kier molecular flexibility index (Phi) is 5.06. The van der Waals surface area contributed by atoms with Crippen molar-refractivity contribution < 1.29 is 18.7 Å². The summed E-state index contributed by atoms with van der Waals surface area (Å²) in [6, 6.07) is 18.2. The molecule has 0 unspecified atom stereocenters. The quantitative estimate of drug-likeness (QED) is 0.464. The number of para-hydroxylation sites is 1. The van der Waals surface area contributed by atoms with Crippen LogP contribution in [0, 0.1) is 6.92 Å². The van der Waals surface area contributed by atoms with Gasteiger partial charge in [0, 0.05) is 5.56 Å². The van der Waals surface area contributed by atoms with Crippen molar-refractivity contribution in [1.82, 2.24) is 0 Å². The topological polar surface area (TPSA) is 72.1 Å². The zero-order valence-corrected chi connectivity index (χ0v) is 16.9. The summed E-state index contributed by atoms with van der Waals surface area (Å²) in [7, 11) is 1.35. The van der Waals surface area contributed by atoms with Crippen LogP contribution in [-0.4, -0.2) is 24.7 Å². The lowest BCUT2D eigenvalue weighted by atomic mass is 10.0. The average molecular weight is 400 g/mol. The first kappa shape index (κ1) is 19.4.